The minimum absolute atomic E-state index is 0.145. The zero-order valence-corrected chi connectivity index (χ0v) is 14.4. The van der Waals surface area contributed by atoms with E-state index in [1.54, 1.807) is 12.1 Å². The Balaban J connectivity index is 1.80. The highest BCUT2D eigenvalue weighted by molar-refractivity contribution is 7.92. The van der Waals surface area contributed by atoms with E-state index in [1.807, 2.05) is 47.4 Å². The van der Waals surface area contributed by atoms with Crippen LogP contribution in [0.5, 0.6) is 0 Å². The van der Waals surface area contributed by atoms with E-state index in [9.17, 15) is 8.42 Å². The molecule has 0 bridgehead atoms. The lowest BCUT2D eigenvalue weighted by atomic mass is 10.1. The zero-order chi connectivity index (χ0) is 17.2. The van der Waals surface area contributed by atoms with Gasteiger partial charge in [-0.2, -0.15) is 5.10 Å². The van der Waals surface area contributed by atoms with Crippen LogP contribution in [0.1, 0.15) is 18.5 Å². The summed E-state index contributed by atoms with van der Waals surface area (Å²) in [6.45, 7) is 2.10. The summed E-state index contributed by atoms with van der Waals surface area (Å²) in [5.74, 6) is 0. The molecule has 1 atom stereocenters. The largest absolute Gasteiger partial charge is 0.284 e. The summed E-state index contributed by atoms with van der Waals surface area (Å²) in [7, 11) is -3.26. The van der Waals surface area contributed by atoms with Gasteiger partial charge in [-0.1, -0.05) is 42.5 Å². The molecule has 2 aromatic carbocycles. The Morgan fingerprint density at radius 1 is 1.00 bits per heavy atom. The predicted molar refractivity (Wildman–Crippen MR) is 96.4 cm³/mol. The van der Waals surface area contributed by atoms with Gasteiger partial charge in [0.1, 0.15) is 0 Å². The number of sulfonamides is 1. The van der Waals surface area contributed by atoms with E-state index >= 15 is 0 Å². The first-order chi connectivity index (χ1) is 11.4. The highest BCUT2D eigenvalue weighted by Crippen LogP contribution is 2.24. The van der Waals surface area contributed by atoms with Crippen LogP contribution < -0.4 is 4.72 Å². The van der Waals surface area contributed by atoms with E-state index in [4.69, 9.17) is 0 Å². The number of hydrogen-bond donors (Lipinski definition) is 1. The van der Waals surface area contributed by atoms with Crippen molar-refractivity contribution in [2.45, 2.75) is 13.0 Å². The lowest BCUT2D eigenvalue weighted by Crippen LogP contribution is -2.09. The molecule has 1 unspecified atom stereocenters. The van der Waals surface area contributed by atoms with Gasteiger partial charge in [0.2, 0.25) is 10.0 Å². The van der Waals surface area contributed by atoms with Gasteiger partial charge in [-0.15, -0.1) is 0 Å². The molecule has 6 heteroatoms. The molecule has 0 aliphatic carbocycles. The van der Waals surface area contributed by atoms with Gasteiger partial charge in [0, 0.05) is 17.4 Å². The van der Waals surface area contributed by atoms with E-state index in [-0.39, 0.29) is 6.04 Å². The Morgan fingerprint density at radius 2 is 1.67 bits per heavy atom. The molecule has 0 aliphatic heterocycles. The normalized spacial score (nSPS) is 12.8. The topological polar surface area (TPSA) is 64.0 Å². The molecule has 3 aromatic rings. The molecule has 0 amide bonds. The average molecular weight is 341 g/mol. The van der Waals surface area contributed by atoms with Gasteiger partial charge in [-0.05, 0) is 30.2 Å². The molecule has 5 nitrogen and oxygen atoms in total. The van der Waals surface area contributed by atoms with Crippen molar-refractivity contribution in [1.29, 1.82) is 0 Å². The standard InChI is InChI=1S/C18H19N3O2S/c1-14(15-6-4-3-5-7-15)21-13-17(12-19-21)16-8-10-18(11-9-16)20-24(2,22)23/h3-14,20H,1-2H3. The minimum Gasteiger partial charge on any atom is -0.284 e. The van der Waals surface area contributed by atoms with Gasteiger partial charge in [-0.25, -0.2) is 8.42 Å². The minimum atomic E-state index is -3.26. The summed E-state index contributed by atoms with van der Waals surface area (Å²) in [5, 5.41) is 4.46. The second kappa shape index (κ2) is 6.49. The fraction of sp³-hybridized carbons (Fsp3) is 0.167. The van der Waals surface area contributed by atoms with Crippen LogP contribution in [-0.4, -0.2) is 24.5 Å². The summed E-state index contributed by atoms with van der Waals surface area (Å²) in [5.41, 5.74) is 3.72. The number of hydrogen-bond acceptors (Lipinski definition) is 3. The molecule has 1 heterocycles. The molecular formula is C18H19N3O2S. The lowest BCUT2D eigenvalue weighted by molar-refractivity contribution is 0.565. The Labute approximate surface area is 142 Å². The highest BCUT2D eigenvalue weighted by Gasteiger charge is 2.10. The summed E-state index contributed by atoms with van der Waals surface area (Å²) in [6.07, 6.45) is 4.95. The van der Waals surface area contributed by atoms with Crippen molar-refractivity contribution in [1.82, 2.24) is 9.78 Å². The third-order valence-corrected chi connectivity index (χ3v) is 4.41. The van der Waals surface area contributed by atoms with Gasteiger partial charge < -0.3 is 0 Å². The molecule has 0 saturated carbocycles. The fourth-order valence-electron chi connectivity index (χ4n) is 2.53. The Morgan fingerprint density at radius 3 is 2.29 bits per heavy atom. The van der Waals surface area contributed by atoms with Crippen molar-refractivity contribution in [3.05, 3.63) is 72.6 Å². The number of aromatic nitrogens is 2. The van der Waals surface area contributed by atoms with Crippen molar-refractivity contribution in [2.24, 2.45) is 0 Å². The Kier molecular flexibility index (Phi) is 4.40. The number of nitrogens with one attached hydrogen (secondary N) is 1. The van der Waals surface area contributed by atoms with Crippen LogP contribution in [0.2, 0.25) is 0 Å². The Hall–Kier alpha value is -2.60. The van der Waals surface area contributed by atoms with Gasteiger partial charge >= 0.3 is 0 Å². The summed E-state index contributed by atoms with van der Waals surface area (Å²) < 4.78 is 26.9. The van der Waals surface area contributed by atoms with E-state index in [1.165, 1.54) is 5.56 Å². The average Bonchev–Trinajstić information content (AvgIpc) is 3.04. The molecule has 0 saturated heterocycles. The number of anilines is 1. The van der Waals surface area contributed by atoms with Gasteiger partial charge in [0.05, 0.1) is 18.5 Å². The van der Waals surface area contributed by atoms with E-state index in [0.717, 1.165) is 17.4 Å². The Bertz CT molecular complexity index is 916. The van der Waals surface area contributed by atoms with Crippen LogP contribution in [0, 0.1) is 0 Å². The van der Waals surface area contributed by atoms with Gasteiger partial charge in [-0.3, -0.25) is 9.40 Å². The smallest absolute Gasteiger partial charge is 0.229 e. The molecule has 0 fully saturated rings. The number of nitrogens with zero attached hydrogens (tertiary/aromatic N) is 2. The molecule has 1 aromatic heterocycles. The maximum atomic E-state index is 11.2. The maximum absolute atomic E-state index is 11.2. The maximum Gasteiger partial charge on any atom is 0.229 e. The van der Waals surface area contributed by atoms with E-state index in [2.05, 4.69) is 28.9 Å². The summed E-state index contributed by atoms with van der Waals surface area (Å²) >= 11 is 0. The number of rotatable bonds is 5. The fourth-order valence-corrected chi connectivity index (χ4v) is 3.09. The zero-order valence-electron chi connectivity index (χ0n) is 13.5. The first kappa shape index (κ1) is 16.3. The third kappa shape index (κ3) is 3.83. The van der Waals surface area contributed by atoms with Crippen molar-refractivity contribution < 1.29 is 8.42 Å². The predicted octanol–water partition coefficient (Wildman–Crippen LogP) is 3.53. The van der Waals surface area contributed by atoms with Gasteiger partial charge in [0.25, 0.3) is 0 Å². The summed E-state index contributed by atoms with van der Waals surface area (Å²) in [4.78, 5) is 0. The highest BCUT2D eigenvalue weighted by atomic mass is 32.2. The molecule has 1 N–H and O–H groups in total. The van der Waals surface area contributed by atoms with Crippen LogP contribution in [0.25, 0.3) is 11.1 Å². The molecule has 3 rings (SSSR count). The van der Waals surface area contributed by atoms with E-state index in [0.29, 0.717) is 5.69 Å². The molecule has 24 heavy (non-hydrogen) atoms. The third-order valence-electron chi connectivity index (χ3n) is 3.80. The van der Waals surface area contributed by atoms with E-state index < -0.39 is 10.0 Å². The summed E-state index contributed by atoms with van der Waals surface area (Å²) in [6, 6.07) is 17.6. The molecule has 124 valence electrons. The molecule has 0 aliphatic rings. The van der Waals surface area contributed by atoms with Crippen molar-refractivity contribution >= 4 is 15.7 Å². The lowest BCUT2D eigenvalue weighted by Gasteiger charge is -2.12. The first-order valence-electron chi connectivity index (χ1n) is 7.60. The quantitative estimate of drug-likeness (QED) is 0.772. The van der Waals surface area contributed by atoms with Crippen LogP contribution in [0.4, 0.5) is 5.69 Å². The van der Waals surface area contributed by atoms with Crippen LogP contribution >= 0.6 is 0 Å². The van der Waals surface area contributed by atoms with Crippen molar-refractivity contribution in [3.63, 3.8) is 0 Å². The van der Waals surface area contributed by atoms with Crippen LogP contribution in [-0.2, 0) is 10.0 Å². The number of benzene rings is 2. The monoisotopic (exact) mass is 341 g/mol. The molecule has 0 spiro atoms. The second-order valence-corrected chi connectivity index (χ2v) is 7.50. The van der Waals surface area contributed by atoms with Crippen molar-refractivity contribution in [3.8, 4) is 11.1 Å². The van der Waals surface area contributed by atoms with Crippen molar-refractivity contribution in [2.75, 3.05) is 11.0 Å². The van der Waals surface area contributed by atoms with Gasteiger partial charge in [0.15, 0.2) is 0 Å². The van der Waals surface area contributed by atoms with Crippen LogP contribution in [0.3, 0.4) is 0 Å². The first-order valence-corrected chi connectivity index (χ1v) is 9.49. The SMILES string of the molecule is CC(c1ccccc1)n1cc(-c2ccc(NS(C)(=O)=O)cc2)cn1. The van der Waals surface area contributed by atoms with Crippen LogP contribution in [0.15, 0.2) is 67.0 Å². The molecular weight excluding hydrogens is 322 g/mol. The molecule has 0 radical (unpaired) electrons. The second-order valence-electron chi connectivity index (χ2n) is 5.75.